The molecule has 0 fully saturated rings. The molecule has 0 saturated heterocycles. The molecule has 0 aliphatic heterocycles. The molecule has 3 aromatic rings. The first-order valence-corrected chi connectivity index (χ1v) is 6.25. The Kier molecular flexibility index (Phi) is 3.02. The highest BCUT2D eigenvalue weighted by atomic mass is 15.0. The predicted octanol–water partition coefficient (Wildman–Crippen LogP) is 4.02. The van der Waals surface area contributed by atoms with Gasteiger partial charge in [-0.1, -0.05) is 30.3 Å². The molecule has 3 rings (SSSR count). The van der Waals surface area contributed by atoms with E-state index in [9.17, 15) is 0 Å². The second kappa shape index (κ2) is 4.98. The van der Waals surface area contributed by atoms with Crippen LogP contribution in [0.4, 0.5) is 17.2 Å². The molecule has 0 amide bonds. The Hall–Kier alpha value is -2.55. The summed E-state index contributed by atoms with van der Waals surface area (Å²) < 4.78 is 0. The lowest BCUT2D eigenvalue weighted by Crippen LogP contribution is -1.95. The van der Waals surface area contributed by atoms with Gasteiger partial charge in [0.25, 0.3) is 0 Å². The van der Waals surface area contributed by atoms with Gasteiger partial charge < -0.3 is 10.6 Å². The van der Waals surface area contributed by atoms with Crippen molar-refractivity contribution in [2.75, 3.05) is 17.7 Å². The van der Waals surface area contributed by atoms with E-state index in [1.54, 1.807) is 6.20 Å². The molecule has 3 nitrogen and oxygen atoms in total. The first kappa shape index (κ1) is 11.5. The van der Waals surface area contributed by atoms with Crippen LogP contribution in [0.2, 0.25) is 0 Å². The van der Waals surface area contributed by atoms with E-state index in [2.05, 4.69) is 58.1 Å². The summed E-state index contributed by atoms with van der Waals surface area (Å²) in [6.07, 6.45) is 1.79. The van der Waals surface area contributed by atoms with Crippen molar-refractivity contribution in [2.45, 2.75) is 0 Å². The lowest BCUT2D eigenvalue weighted by Gasteiger charge is -2.08. The van der Waals surface area contributed by atoms with Gasteiger partial charge in [-0.2, -0.15) is 0 Å². The molecular weight excluding hydrogens is 234 g/mol. The molecule has 0 radical (unpaired) electrons. The molecule has 3 heteroatoms. The number of pyridine rings is 1. The Labute approximate surface area is 112 Å². The number of benzene rings is 2. The van der Waals surface area contributed by atoms with Gasteiger partial charge >= 0.3 is 0 Å². The molecule has 2 aromatic carbocycles. The lowest BCUT2D eigenvalue weighted by molar-refractivity contribution is 1.28. The maximum atomic E-state index is 4.20. The Morgan fingerprint density at radius 2 is 1.63 bits per heavy atom. The molecule has 19 heavy (non-hydrogen) atoms. The minimum atomic E-state index is 0.853. The largest absolute Gasteiger partial charge is 0.373 e. The summed E-state index contributed by atoms with van der Waals surface area (Å²) in [6.45, 7) is 0. The van der Waals surface area contributed by atoms with E-state index < -0.39 is 0 Å². The summed E-state index contributed by atoms with van der Waals surface area (Å²) in [4.78, 5) is 4.20. The highest BCUT2D eigenvalue weighted by molar-refractivity contribution is 5.86. The average Bonchev–Trinajstić information content (AvgIpc) is 2.47. The SMILES string of the molecule is CNc1cc(Nc2ccc3ccccc3c2)ccn1. The van der Waals surface area contributed by atoms with Crippen LogP contribution < -0.4 is 10.6 Å². The van der Waals surface area contributed by atoms with E-state index in [1.807, 2.05) is 19.2 Å². The van der Waals surface area contributed by atoms with Gasteiger partial charge in [0.2, 0.25) is 0 Å². The van der Waals surface area contributed by atoms with Crippen molar-refractivity contribution in [1.82, 2.24) is 4.98 Å². The number of rotatable bonds is 3. The van der Waals surface area contributed by atoms with Crippen molar-refractivity contribution < 1.29 is 0 Å². The predicted molar refractivity (Wildman–Crippen MR) is 81.0 cm³/mol. The highest BCUT2D eigenvalue weighted by Gasteiger charge is 1.98. The molecule has 0 saturated carbocycles. The smallest absolute Gasteiger partial charge is 0.127 e. The van der Waals surface area contributed by atoms with Crippen LogP contribution in [0.3, 0.4) is 0 Å². The van der Waals surface area contributed by atoms with Crippen molar-refractivity contribution in [3.05, 3.63) is 60.8 Å². The zero-order valence-corrected chi connectivity index (χ0v) is 10.7. The minimum absolute atomic E-state index is 0.853. The summed E-state index contributed by atoms with van der Waals surface area (Å²) >= 11 is 0. The quantitative estimate of drug-likeness (QED) is 0.736. The van der Waals surface area contributed by atoms with Crippen LogP contribution in [0.15, 0.2) is 60.8 Å². The van der Waals surface area contributed by atoms with Crippen molar-refractivity contribution in [1.29, 1.82) is 0 Å². The van der Waals surface area contributed by atoms with Crippen LogP contribution in [-0.2, 0) is 0 Å². The number of anilines is 3. The molecule has 0 aliphatic carbocycles. The maximum Gasteiger partial charge on any atom is 0.127 e. The number of nitrogens with one attached hydrogen (secondary N) is 2. The van der Waals surface area contributed by atoms with Gasteiger partial charge in [0.15, 0.2) is 0 Å². The monoisotopic (exact) mass is 249 g/mol. The fraction of sp³-hybridized carbons (Fsp3) is 0.0625. The van der Waals surface area contributed by atoms with Crippen LogP contribution in [0.5, 0.6) is 0 Å². The summed E-state index contributed by atoms with van der Waals surface area (Å²) in [7, 11) is 1.86. The average molecular weight is 249 g/mol. The van der Waals surface area contributed by atoms with Crippen LogP contribution in [0.25, 0.3) is 10.8 Å². The molecule has 0 unspecified atom stereocenters. The summed E-state index contributed by atoms with van der Waals surface area (Å²) in [5.41, 5.74) is 2.10. The fourth-order valence-electron chi connectivity index (χ4n) is 2.08. The van der Waals surface area contributed by atoms with E-state index in [1.165, 1.54) is 10.8 Å². The zero-order valence-electron chi connectivity index (χ0n) is 10.7. The van der Waals surface area contributed by atoms with E-state index in [0.29, 0.717) is 0 Å². The highest BCUT2D eigenvalue weighted by Crippen LogP contribution is 2.22. The third-order valence-corrected chi connectivity index (χ3v) is 3.05. The third kappa shape index (κ3) is 2.50. The molecule has 0 bridgehead atoms. The maximum absolute atomic E-state index is 4.20. The van der Waals surface area contributed by atoms with Gasteiger partial charge in [-0.3, -0.25) is 0 Å². The van der Waals surface area contributed by atoms with E-state index in [0.717, 1.165) is 17.2 Å². The Morgan fingerprint density at radius 1 is 0.842 bits per heavy atom. The van der Waals surface area contributed by atoms with Crippen molar-refractivity contribution in [3.8, 4) is 0 Å². The number of nitrogens with zero attached hydrogens (tertiary/aromatic N) is 1. The number of hydrogen-bond acceptors (Lipinski definition) is 3. The molecule has 1 heterocycles. The first-order chi connectivity index (χ1) is 9.35. The van der Waals surface area contributed by atoms with Crippen LogP contribution >= 0.6 is 0 Å². The topological polar surface area (TPSA) is 37.0 Å². The van der Waals surface area contributed by atoms with Crippen molar-refractivity contribution in [2.24, 2.45) is 0 Å². The normalized spacial score (nSPS) is 10.4. The number of aromatic nitrogens is 1. The van der Waals surface area contributed by atoms with Crippen LogP contribution in [0.1, 0.15) is 0 Å². The minimum Gasteiger partial charge on any atom is -0.373 e. The molecular formula is C16H15N3. The molecule has 2 N–H and O–H groups in total. The van der Waals surface area contributed by atoms with Crippen molar-refractivity contribution in [3.63, 3.8) is 0 Å². The van der Waals surface area contributed by atoms with Crippen molar-refractivity contribution >= 4 is 28.0 Å². The standard InChI is InChI=1S/C16H15N3/c1-17-16-11-15(8-9-18-16)19-14-7-6-12-4-2-3-5-13(12)10-14/h2-11H,1H3,(H2,17,18,19). The fourth-order valence-corrected chi connectivity index (χ4v) is 2.08. The molecule has 1 aromatic heterocycles. The van der Waals surface area contributed by atoms with E-state index in [4.69, 9.17) is 0 Å². The second-order valence-corrected chi connectivity index (χ2v) is 4.37. The second-order valence-electron chi connectivity index (χ2n) is 4.37. The molecule has 0 spiro atoms. The van der Waals surface area contributed by atoms with Gasteiger partial charge in [-0.25, -0.2) is 4.98 Å². The van der Waals surface area contributed by atoms with Gasteiger partial charge in [0, 0.05) is 30.7 Å². The number of fused-ring (bicyclic) bond motifs is 1. The summed E-state index contributed by atoms with van der Waals surface area (Å²) in [6, 6.07) is 18.6. The Bertz CT molecular complexity index is 707. The Morgan fingerprint density at radius 3 is 2.47 bits per heavy atom. The van der Waals surface area contributed by atoms with Gasteiger partial charge in [-0.05, 0) is 29.0 Å². The van der Waals surface area contributed by atoms with Crippen LogP contribution in [-0.4, -0.2) is 12.0 Å². The molecule has 0 aliphatic rings. The van der Waals surface area contributed by atoms with Gasteiger partial charge in [-0.15, -0.1) is 0 Å². The summed E-state index contributed by atoms with van der Waals surface area (Å²) in [5.74, 6) is 0.853. The third-order valence-electron chi connectivity index (χ3n) is 3.05. The van der Waals surface area contributed by atoms with Gasteiger partial charge in [0.05, 0.1) is 0 Å². The Balaban J connectivity index is 1.92. The zero-order chi connectivity index (χ0) is 13.1. The van der Waals surface area contributed by atoms with Gasteiger partial charge in [0.1, 0.15) is 5.82 Å². The lowest BCUT2D eigenvalue weighted by atomic mass is 10.1. The summed E-state index contributed by atoms with van der Waals surface area (Å²) in [5, 5.41) is 8.90. The van der Waals surface area contributed by atoms with E-state index >= 15 is 0 Å². The molecule has 0 atom stereocenters. The van der Waals surface area contributed by atoms with Crippen LogP contribution in [0, 0.1) is 0 Å². The molecule has 94 valence electrons. The van der Waals surface area contributed by atoms with E-state index in [-0.39, 0.29) is 0 Å². The first-order valence-electron chi connectivity index (χ1n) is 6.25. The number of hydrogen-bond donors (Lipinski definition) is 2.